The van der Waals surface area contributed by atoms with Crippen molar-refractivity contribution < 1.29 is 9.53 Å². The number of ether oxygens (including phenoxy) is 1. The lowest BCUT2D eigenvalue weighted by atomic mass is 10.2. The van der Waals surface area contributed by atoms with Crippen LogP contribution in [0.25, 0.3) is 16.6 Å². The van der Waals surface area contributed by atoms with E-state index in [0.717, 1.165) is 5.56 Å². The molecule has 0 fully saturated rings. The van der Waals surface area contributed by atoms with Crippen LogP contribution in [0.5, 0.6) is 5.75 Å². The third-order valence-corrected chi connectivity index (χ3v) is 6.26. The van der Waals surface area contributed by atoms with Gasteiger partial charge in [0.1, 0.15) is 5.75 Å². The number of methoxy groups -OCH3 is 1. The zero-order valence-electron chi connectivity index (χ0n) is 17.5. The Morgan fingerprint density at radius 3 is 2.72 bits per heavy atom. The fourth-order valence-corrected chi connectivity index (χ4v) is 4.26. The molecule has 3 aromatic carbocycles. The van der Waals surface area contributed by atoms with Crippen LogP contribution in [-0.4, -0.2) is 28.3 Å². The summed E-state index contributed by atoms with van der Waals surface area (Å²) in [5.41, 5.74) is 2.39. The first-order valence-electron chi connectivity index (χ1n) is 9.82. The number of halogens is 1. The zero-order valence-corrected chi connectivity index (χ0v) is 19.0. The van der Waals surface area contributed by atoms with E-state index in [9.17, 15) is 9.59 Å². The van der Waals surface area contributed by atoms with Gasteiger partial charge in [-0.05, 0) is 48.9 Å². The number of carbonyl (C=O) groups excluding carboxylic acids is 1. The van der Waals surface area contributed by atoms with Crippen molar-refractivity contribution in [3.8, 4) is 11.4 Å². The molecule has 1 amide bonds. The number of hydrogen-bond acceptors (Lipinski definition) is 5. The van der Waals surface area contributed by atoms with Crippen molar-refractivity contribution in [1.82, 2.24) is 9.55 Å². The molecule has 1 aromatic heterocycles. The summed E-state index contributed by atoms with van der Waals surface area (Å²) in [5.74, 6) is 0.499. The summed E-state index contributed by atoms with van der Waals surface area (Å²) in [5, 5.41) is 4.31. The van der Waals surface area contributed by atoms with Gasteiger partial charge in [0.05, 0.1) is 29.5 Å². The molecule has 8 heteroatoms. The Hall–Kier alpha value is -3.29. The van der Waals surface area contributed by atoms with E-state index in [0.29, 0.717) is 38.2 Å². The molecular weight excluding hydrogens is 446 g/mol. The average molecular weight is 466 g/mol. The second kappa shape index (κ2) is 9.46. The maximum Gasteiger partial charge on any atom is 0.266 e. The van der Waals surface area contributed by atoms with E-state index in [1.165, 1.54) is 16.3 Å². The van der Waals surface area contributed by atoms with Gasteiger partial charge in [0, 0.05) is 16.8 Å². The van der Waals surface area contributed by atoms with Crippen molar-refractivity contribution in [2.45, 2.75) is 12.1 Å². The van der Waals surface area contributed by atoms with Crippen LogP contribution in [0, 0.1) is 6.92 Å². The van der Waals surface area contributed by atoms with Gasteiger partial charge in [-0.1, -0.05) is 47.6 Å². The minimum Gasteiger partial charge on any atom is -0.497 e. The summed E-state index contributed by atoms with van der Waals surface area (Å²) in [7, 11) is 1.57. The van der Waals surface area contributed by atoms with E-state index in [1.807, 2.05) is 19.1 Å². The smallest absolute Gasteiger partial charge is 0.266 e. The van der Waals surface area contributed by atoms with Crippen LogP contribution in [0.15, 0.2) is 76.7 Å². The summed E-state index contributed by atoms with van der Waals surface area (Å²) in [6, 6.07) is 19.7. The normalized spacial score (nSPS) is 10.8. The molecule has 0 saturated heterocycles. The number of nitrogens with one attached hydrogen (secondary N) is 1. The van der Waals surface area contributed by atoms with Crippen LogP contribution in [0.4, 0.5) is 5.69 Å². The maximum atomic E-state index is 13.4. The van der Waals surface area contributed by atoms with Gasteiger partial charge in [-0.15, -0.1) is 0 Å². The van der Waals surface area contributed by atoms with Gasteiger partial charge in [-0.25, -0.2) is 4.98 Å². The van der Waals surface area contributed by atoms with Gasteiger partial charge in [0.2, 0.25) is 5.91 Å². The first-order valence-corrected chi connectivity index (χ1v) is 11.2. The van der Waals surface area contributed by atoms with Gasteiger partial charge >= 0.3 is 0 Å². The van der Waals surface area contributed by atoms with E-state index in [2.05, 4.69) is 10.3 Å². The Morgan fingerprint density at radius 2 is 1.91 bits per heavy atom. The van der Waals surface area contributed by atoms with Crippen LogP contribution < -0.4 is 15.6 Å². The average Bonchev–Trinajstić information content (AvgIpc) is 2.80. The first-order chi connectivity index (χ1) is 15.5. The Kier molecular flexibility index (Phi) is 6.48. The van der Waals surface area contributed by atoms with Crippen molar-refractivity contribution in [3.05, 3.63) is 87.7 Å². The molecule has 162 valence electrons. The third kappa shape index (κ3) is 4.49. The molecule has 1 heterocycles. The Labute approximate surface area is 194 Å². The number of rotatable bonds is 6. The number of thioether (sulfide) groups is 1. The molecule has 6 nitrogen and oxygen atoms in total. The van der Waals surface area contributed by atoms with Crippen molar-refractivity contribution >= 4 is 45.9 Å². The van der Waals surface area contributed by atoms with Crippen LogP contribution in [0.2, 0.25) is 5.02 Å². The maximum absolute atomic E-state index is 13.4. The van der Waals surface area contributed by atoms with Crippen molar-refractivity contribution in [3.63, 3.8) is 0 Å². The standard InChI is InChI=1S/C24H20ClN3O3S/c1-15-19(25)10-6-12-21(15)28-23(30)18-9-3-4-11-20(18)27-24(28)32-14-22(29)26-16-7-5-8-17(13-16)31-2/h3-13H,14H2,1-2H3,(H,26,29). The number of hydrogen-bond donors (Lipinski definition) is 1. The van der Waals surface area contributed by atoms with E-state index < -0.39 is 0 Å². The number of nitrogens with zero attached hydrogens (tertiary/aromatic N) is 2. The molecule has 0 aliphatic rings. The molecule has 0 spiro atoms. The number of fused-ring (bicyclic) bond motifs is 1. The SMILES string of the molecule is COc1cccc(NC(=O)CSc2nc3ccccc3c(=O)n2-c2cccc(Cl)c2C)c1. The summed E-state index contributed by atoms with van der Waals surface area (Å²) in [6.45, 7) is 1.85. The monoisotopic (exact) mass is 465 g/mol. The highest BCUT2D eigenvalue weighted by Gasteiger charge is 2.17. The summed E-state index contributed by atoms with van der Waals surface area (Å²) >= 11 is 7.50. The number of anilines is 1. The Balaban J connectivity index is 1.69. The molecular formula is C24H20ClN3O3S. The third-order valence-electron chi connectivity index (χ3n) is 4.91. The highest BCUT2D eigenvalue weighted by Crippen LogP contribution is 2.27. The topological polar surface area (TPSA) is 73.2 Å². The van der Waals surface area contributed by atoms with Gasteiger partial charge in [-0.3, -0.25) is 14.2 Å². The van der Waals surface area contributed by atoms with E-state index in [1.54, 1.807) is 61.7 Å². The van der Waals surface area contributed by atoms with E-state index in [4.69, 9.17) is 16.3 Å². The highest BCUT2D eigenvalue weighted by molar-refractivity contribution is 7.99. The lowest BCUT2D eigenvalue weighted by molar-refractivity contribution is -0.113. The largest absolute Gasteiger partial charge is 0.497 e. The molecule has 1 N–H and O–H groups in total. The number of amides is 1. The molecule has 32 heavy (non-hydrogen) atoms. The molecule has 0 aliphatic heterocycles. The molecule has 4 rings (SSSR count). The minimum absolute atomic E-state index is 0.0710. The van der Waals surface area contributed by atoms with E-state index in [-0.39, 0.29) is 17.2 Å². The second-order valence-electron chi connectivity index (χ2n) is 7.00. The number of para-hydroxylation sites is 1. The fourth-order valence-electron chi connectivity index (χ4n) is 3.29. The summed E-state index contributed by atoms with van der Waals surface area (Å²) < 4.78 is 6.71. The molecule has 0 radical (unpaired) electrons. The lowest BCUT2D eigenvalue weighted by Gasteiger charge is -2.16. The second-order valence-corrected chi connectivity index (χ2v) is 8.35. The number of aromatic nitrogens is 2. The van der Waals surface area contributed by atoms with Crippen LogP contribution >= 0.6 is 23.4 Å². The van der Waals surface area contributed by atoms with Crippen LogP contribution in [0.3, 0.4) is 0 Å². The van der Waals surface area contributed by atoms with Gasteiger partial charge < -0.3 is 10.1 Å². The number of benzene rings is 3. The quantitative estimate of drug-likeness (QED) is 0.317. The van der Waals surface area contributed by atoms with Crippen molar-refractivity contribution in [1.29, 1.82) is 0 Å². The Bertz CT molecular complexity index is 1370. The predicted octanol–water partition coefficient (Wildman–Crippen LogP) is 5.09. The molecule has 0 aliphatic carbocycles. The highest BCUT2D eigenvalue weighted by atomic mass is 35.5. The van der Waals surface area contributed by atoms with Gasteiger partial charge in [0.15, 0.2) is 5.16 Å². The molecule has 0 bridgehead atoms. The van der Waals surface area contributed by atoms with Crippen LogP contribution in [-0.2, 0) is 4.79 Å². The molecule has 0 saturated carbocycles. The fraction of sp³-hybridized carbons (Fsp3) is 0.125. The van der Waals surface area contributed by atoms with Gasteiger partial charge in [-0.2, -0.15) is 0 Å². The number of carbonyl (C=O) groups is 1. The van der Waals surface area contributed by atoms with Crippen molar-refractivity contribution in [2.24, 2.45) is 0 Å². The minimum atomic E-state index is -0.222. The summed E-state index contributed by atoms with van der Waals surface area (Å²) in [6.07, 6.45) is 0. The van der Waals surface area contributed by atoms with Crippen molar-refractivity contribution in [2.75, 3.05) is 18.2 Å². The van der Waals surface area contributed by atoms with Crippen LogP contribution in [0.1, 0.15) is 5.56 Å². The lowest BCUT2D eigenvalue weighted by Crippen LogP contribution is -2.23. The van der Waals surface area contributed by atoms with Gasteiger partial charge in [0.25, 0.3) is 5.56 Å². The Morgan fingerprint density at radius 1 is 1.12 bits per heavy atom. The molecule has 4 aromatic rings. The zero-order chi connectivity index (χ0) is 22.7. The summed E-state index contributed by atoms with van der Waals surface area (Å²) in [4.78, 5) is 30.6. The first kappa shape index (κ1) is 21.9. The van der Waals surface area contributed by atoms with E-state index >= 15 is 0 Å². The molecule has 0 atom stereocenters. The predicted molar refractivity (Wildman–Crippen MR) is 129 cm³/mol. The molecule has 0 unspecified atom stereocenters.